The summed E-state index contributed by atoms with van der Waals surface area (Å²) in [6, 6.07) is 15.8. The minimum Gasteiger partial charge on any atom is -0.323 e. The van der Waals surface area contributed by atoms with E-state index < -0.39 is 5.91 Å². The zero-order valence-corrected chi connectivity index (χ0v) is 12.9. The van der Waals surface area contributed by atoms with Gasteiger partial charge in [0.15, 0.2) is 0 Å². The van der Waals surface area contributed by atoms with E-state index in [1.54, 1.807) is 24.3 Å². The van der Waals surface area contributed by atoms with Crippen molar-refractivity contribution in [1.82, 2.24) is 9.97 Å². The van der Waals surface area contributed by atoms with Gasteiger partial charge in [0.05, 0.1) is 11.3 Å². The van der Waals surface area contributed by atoms with Crippen molar-refractivity contribution >= 4 is 23.2 Å². The average Bonchev–Trinajstić information content (AvgIpc) is 2.64. The van der Waals surface area contributed by atoms with Crippen molar-refractivity contribution in [2.75, 3.05) is 10.6 Å². The van der Waals surface area contributed by atoms with Crippen LogP contribution in [0.25, 0.3) is 0 Å². The van der Waals surface area contributed by atoms with Crippen LogP contribution in [0.3, 0.4) is 0 Å². The molecule has 1 aromatic heterocycles. The van der Waals surface area contributed by atoms with E-state index in [4.69, 9.17) is 5.26 Å². The Bertz CT molecular complexity index is 950. The van der Waals surface area contributed by atoms with Gasteiger partial charge in [0.2, 0.25) is 5.95 Å². The number of nitriles is 1. The molecule has 0 atom stereocenters. The van der Waals surface area contributed by atoms with Gasteiger partial charge in [0, 0.05) is 11.9 Å². The van der Waals surface area contributed by atoms with Crippen molar-refractivity contribution < 1.29 is 9.18 Å². The molecule has 3 rings (SSSR count). The molecule has 6 nitrogen and oxygen atoms in total. The molecule has 0 aliphatic heterocycles. The quantitative estimate of drug-likeness (QED) is 0.763. The van der Waals surface area contributed by atoms with E-state index in [0.717, 1.165) is 0 Å². The van der Waals surface area contributed by atoms with Crippen molar-refractivity contribution in [3.8, 4) is 6.07 Å². The van der Waals surface area contributed by atoms with Crippen LogP contribution < -0.4 is 10.6 Å². The summed E-state index contributed by atoms with van der Waals surface area (Å²) in [6.07, 6.45) is 1.43. The van der Waals surface area contributed by atoms with Crippen LogP contribution >= 0.6 is 0 Å². The number of rotatable bonds is 4. The average molecular weight is 333 g/mol. The predicted molar refractivity (Wildman–Crippen MR) is 90.8 cm³/mol. The summed E-state index contributed by atoms with van der Waals surface area (Å²) in [6.45, 7) is 0. The summed E-state index contributed by atoms with van der Waals surface area (Å²) in [4.78, 5) is 20.4. The Morgan fingerprint density at radius 2 is 1.84 bits per heavy atom. The first-order valence-electron chi connectivity index (χ1n) is 7.32. The molecular weight excluding hydrogens is 321 g/mol. The lowest BCUT2D eigenvalue weighted by molar-refractivity contribution is 0.102. The van der Waals surface area contributed by atoms with Gasteiger partial charge in [0.25, 0.3) is 5.91 Å². The van der Waals surface area contributed by atoms with E-state index >= 15 is 0 Å². The van der Waals surface area contributed by atoms with Gasteiger partial charge in [-0.15, -0.1) is 0 Å². The molecule has 3 aromatic rings. The molecule has 1 heterocycles. The summed E-state index contributed by atoms with van der Waals surface area (Å²) in [5.41, 5.74) is 1.57. The van der Waals surface area contributed by atoms with Crippen LogP contribution in [-0.2, 0) is 0 Å². The Morgan fingerprint density at radius 1 is 1.08 bits per heavy atom. The highest BCUT2D eigenvalue weighted by molar-refractivity contribution is 6.02. The van der Waals surface area contributed by atoms with Gasteiger partial charge in [-0.2, -0.15) is 5.26 Å². The normalized spacial score (nSPS) is 9.92. The lowest BCUT2D eigenvalue weighted by Gasteiger charge is -2.08. The SMILES string of the molecule is N#Cc1ccccc1Nc1nccc(C(=O)Nc2ccc(F)cc2)n1. The third kappa shape index (κ3) is 3.95. The fourth-order valence-electron chi connectivity index (χ4n) is 2.08. The van der Waals surface area contributed by atoms with Crippen LogP contribution in [0.5, 0.6) is 0 Å². The summed E-state index contributed by atoms with van der Waals surface area (Å²) >= 11 is 0. The summed E-state index contributed by atoms with van der Waals surface area (Å²) in [5.74, 6) is -0.650. The molecule has 2 N–H and O–H groups in total. The second-order valence-corrected chi connectivity index (χ2v) is 5.01. The van der Waals surface area contributed by atoms with Crippen molar-refractivity contribution in [1.29, 1.82) is 5.26 Å². The maximum absolute atomic E-state index is 12.9. The van der Waals surface area contributed by atoms with Gasteiger partial charge in [-0.05, 0) is 42.5 Å². The number of amides is 1. The largest absolute Gasteiger partial charge is 0.323 e. The highest BCUT2D eigenvalue weighted by Crippen LogP contribution is 2.18. The standard InChI is InChI=1S/C18H12FN5O/c19-13-5-7-14(8-6-13)22-17(25)16-9-10-21-18(24-16)23-15-4-2-1-3-12(15)11-20/h1-10H,(H,22,25)(H,21,23,24). The molecule has 122 valence electrons. The minimum atomic E-state index is -0.453. The Balaban J connectivity index is 1.78. The maximum atomic E-state index is 12.9. The van der Waals surface area contributed by atoms with Crippen molar-refractivity contribution in [3.05, 3.63) is 77.9 Å². The molecule has 25 heavy (non-hydrogen) atoms. The maximum Gasteiger partial charge on any atom is 0.274 e. The number of nitrogens with zero attached hydrogens (tertiary/aromatic N) is 3. The Labute approximate surface area is 143 Å². The van der Waals surface area contributed by atoms with Gasteiger partial charge in [-0.3, -0.25) is 4.79 Å². The van der Waals surface area contributed by atoms with Crippen LogP contribution in [0.1, 0.15) is 16.1 Å². The number of benzene rings is 2. The highest BCUT2D eigenvalue weighted by Gasteiger charge is 2.10. The fourth-order valence-corrected chi connectivity index (χ4v) is 2.08. The van der Waals surface area contributed by atoms with E-state index in [1.807, 2.05) is 0 Å². The minimum absolute atomic E-state index is 0.135. The summed E-state index contributed by atoms with van der Waals surface area (Å²) in [7, 11) is 0. The van der Waals surface area contributed by atoms with Crippen molar-refractivity contribution in [2.24, 2.45) is 0 Å². The topological polar surface area (TPSA) is 90.7 Å². The molecule has 0 saturated carbocycles. The number of para-hydroxylation sites is 1. The van der Waals surface area contributed by atoms with Crippen molar-refractivity contribution in [3.63, 3.8) is 0 Å². The van der Waals surface area contributed by atoms with Gasteiger partial charge in [-0.25, -0.2) is 14.4 Å². The molecule has 0 bridgehead atoms. The monoisotopic (exact) mass is 333 g/mol. The first-order chi connectivity index (χ1) is 12.2. The molecule has 0 spiro atoms. The van der Waals surface area contributed by atoms with Crippen LogP contribution in [0.15, 0.2) is 60.8 Å². The van der Waals surface area contributed by atoms with E-state index in [-0.39, 0.29) is 17.5 Å². The van der Waals surface area contributed by atoms with Crippen LogP contribution in [0.2, 0.25) is 0 Å². The van der Waals surface area contributed by atoms with Gasteiger partial charge >= 0.3 is 0 Å². The first kappa shape index (κ1) is 16.1. The molecule has 7 heteroatoms. The number of aromatic nitrogens is 2. The second kappa shape index (κ2) is 7.19. The lowest BCUT2D eigenvalue weighted by atomic mass is 10.2. The Hall–Kier alpha value is -3.79. The molecule has 0 radical (unpaired) electrons. The van der Waals surface area contributed by atoms with Crippen LogP contribution in [-0.4, -0.2) is 15.9 Å². The smallest absolute Gasteiger partial charge is 0.274 e. The van der Waals surface area contributed by atoms with Gasteiger partial charge < -0.3 is 10.6 Å². The van der Waals surface area contributed by atoms with E-state index in [0.29, 0.717) is 16.9 Å². The molecule has 1 amide bonds. The fraction of sp³-hybridized carbons (Fsp3) is 0. The number of hydrogen-bond acceptors (Lipinski definition) is 5. The molecule has 0 saturated heterocycles. The molecule has 0 aliphatic carbocycles. The van der Waals surface area contributed by atoms with Crippen molar-refractivity contribution in [2.45, 2.75) is 0 Å². The molecule has 2 aromatic carbocycles. The molecule has 0 aliphatic rings. The Morgan fingerprint density at radius 3 is 2.60 bits per heavy atom. The highest BCUT2D eigenvalue weighted by atomic mass is 19.1. The molecular formula is C18H12FN5O. The van der Waals surface area contributed by atoms with E-state index in [1.165, 1.54) is 36.5 Å². The lowest BCUT2D eigenvalue weighted by Crippen LogP contribution is -2.14. The van der Waals surface area contributed by atoms with Crippen LogP contribution in [0, 0.1) is 17.1 Å². The van der Waals surface area contributed by atoms with E-state index in [9.17, 15) is 9.18 Å². The number of nitrogens with one attached hydrogen (secondary N) is 2. The first-order valence-corrected chi connectivity index (χ1v) is 7.32. The molecule has 0 unspecified atom stereocenters. The summed E-state index contributed by atoms with van der Waals surface area (Å²) < 4.78 is 12.9. The zero-order chi connectivity index (χ0) is 17.6. The number of carbonyl (C=O) groups excluding carboxylic acids is 1. The Kier molecular flexibility index (Phi) is 4.62. The third-order valence-corrected chi connectivity index (χ3v) is 3.28. The predicted octanol–water partition coefficient (Wildman–Crippen LogP) is 3.48. The second-order valence-electron chi connectivity index (χ2n) is 5.01. The van der Waals surface area contributed by atoms with E-state index in [2.05, 4.69) is 26.7 Å². The summed E-state index contributed by atoms with van der Waals surface area (Å²) in [5, 5.41) is 14.6. The zero-order valence-electron chi connectivity index (χ0n) is 12.9. The number of carbonyl (C=O) groups is 1. The molecule has 0 fully saturated rings. The number of hydrogen-bond donors (Lipinski definition) is 2. The number of anilines is 3. The van der Waals surface area contributed by atoms with Gasteiger partial charge in [-0.1, -0.05) is 12.1 Å². The number of halogens is 1. The van der Waals surface area contributed by atoms with Gasteiger partial charge in [0.1, 0.15) is 17.6 Å². The van der Waals surface area contributed by atoms with Crippen LogP contribution in [0.4, 0.5) is 21.7 Å². The third-order valence-electron chi connectivity index (χ3n) is 3.28.